The molecule has 3 aromatic carbocycles. The van der Waals surface area contributed by atoms with E-state index in [9.17, 15) is 9.59 Å². The number of nitrogens with one attached hydrogen (secondary N) is 3. The van der Waals surface area contributed by atoms with Crippen LogP contribution < -0.4 is 26.0 Å². The molecule has 0 aliphatic carbocycles. The summed E-state index contributed by atoms with van der Waals surface area (Å²) in [6.07, 6.45) is 2.94. The van der Waals surface area contributed by atoms with Gasteiger partial charge in [0, 0.05) is 40.5 Å². The van der Waals surface area contributed by atoms with Crippen molar-refractivity contribution in [2.24, 2.45) is 5.73 Å². The SMILES string of the molecule is Cc1ccc2cccc(OCc3c(Cl)ccc(N(C)C(=O)CNC(=O)/C=C/c4ccc(NC(=N)N)cc4)c3Cl)c2n1. The Morgan fingerprint density at radius 2 is 1.83 bits per heavy atom. The molecule has 1 heterocycles. The molecule has 0 aliphatic heterocycles. The van der Waals surface area contributed by atoms with Crippen LogP contribution in [0.5, 0.6) is 5.75 Å². The zero-order chi connectivity index (χ0) is 29.5. The molecule has 5 N–H and O–H groups in total. The van der Waals surface area contributed by atoms with Gasteiger partial charge in [-0.2, -0.15) is 0 Å². The highest BCUT2D eigenvalue weighted by molar-refractivity contribution is 6.38. The molecule has 0 radical (unpaired) electrons. The number of aryl methyl sites for hydroxylation is 1. The lowest BCUT2D eigenvalue weighted by Crippen LogP contribution is -2.37. The molecule has 1 aromatic heterocycles. The first-order valence-corrected chi connectivity index (χ1v) is 13.3. The summed E-state index contributed by atoms with van der Waals surface area (Å²) >= 11 is 13.1. The summed E-state index contributed by atoms with van der Waals surface area (Å²) in [5.74, 6) is -0.392. The Bertz CT molecular complexity index is 1640. The van der Waals surface area contributed by atoms with E-state index in [1.165, 1.54) is 11.0 Å². The van der Waals surface area contributed by atoms with Crippen molar-refractivity contribution in [2.75, 3.05) is 23.8 Å². The second-order valence-corrected chi connectivity index (χ2v) is 9.88. The van der Waals surface area contributed by atoms with Crippen molar-refractivity contribution in [1.29, 1.82) is 5.41 Å². The second-order valence-electron chi connectivity index (χ2n) is 9.09. The zero-order valence-corrected chi connectivity index (χ0v) is 23.9. The topological polar surface area (TPSA) is 133 Å². The number of anilines is 2. The summed E-state index contributed by atoms with van der Waals surface area (Å²) < 4.78 is 6.06. The lowest BCUT2D eigenvalue weighted by molar-refractivity contribution is -0.122. The van der Waals surface area contributed by atoms with Gasteiger partial charge >= 0.3 is 0 Å². The number of carbonyl (C=O) groups is 2. The van der Waals surface area contributed by atoms with Crippen molar-refractivity contribution in [3.05, 3.63) is 99.7 Å². The van der Waals surface area contributed by atoms with Crippen molar-refractivity contribution in [3.8, 4) is 5.75 Å². The number of fused-ring (bicyclic) bond motifs is 1. The maximum Gasteiger partial charge on any atom is 0.246 e. The van der Waals surface area contributed by atoms with Crippen LogP contribution in [0.1, 0.15) is 16.8 Å². The molecule has 0 fully saturated rings. The Hall–Kier alpha value is -4.60. The van der Waals surface area contributed by atoms with E-state index in [1.54, 1.807) is 49.5 Å². The van der Waals surface area contributed by atoms with Gasteiger partial charge in [0.05, 0.1) is 17.3 Å². The Labute approximate surface area is 247 Å². The first-order valence-electron chi connectivity index (χ1n) is 12.5. The van der Waals surface area contributed by atoms with Crippen LogP contribution in [0.4, 0.5) is 11.4 Å². The number of likely N-dealkylation sites (N-methyl/N-ethyl adjacent to an activating group) is 1. The third-order valence-electron chi connectivity index (χ3n) is 6.13. The van der Waals surface area contributed by atoms with E-state index in [0.29, 0.717) is 27.7 Å². The number of para-hydroxylation sites is 1. The van der Waals surface area contributed by atoms with Gasteiger partial charge in [0.1, 0.15) is 17.9 Å². The lowest BCUT2D eigenvalue weighted by atomic mass is 10.1. The van der Waals surface area contributed by atoms with Crippen LogP contribution in [-0.2, 0) is 16.2 Å². The van der Waals surface area contributed by atoms with Crippen LogP contribution in [0.2, 0.25) is 10.0 Å². The van der Waals surface area contributed by atoms with E-state index in [-0.39, 0.29) is 30.0 Å². The number of nitrogens with zero attached hydrogens (tertiary/aromatic N) is 2. The molecule has 0 spiro atoms. The standard InChI is InChI=1S/C30H28Cl2N6O3/c1-18-6-10-20-4-3-5-25(29(20)36-18)41-17-22-23(31)13-14-24(28(22)32)38(2)27(40)16-35-26(39)15-9-19-7-11-21(12-8-19)37-30(33)34/h3-15H,16-17H2,1-2H3,(H,35,39)(H4,33,34,37)/b15-9+. The van der Waals surface area contributed by atoms with Crippen molar-refractivity contribution in [1.82, 2.24) is 10.3 Å². The number of guanidine groups is 1. The highest BCUT2D eigenvalue weighted by Gasteiger charge is 2.19. The molecule has 4 aromatic rings. The highest BCUT2D eigenvalue weighted by Crippen LogP contribution is 2.35. The molecule has 2 amide bonds. The summed E-state index contributed by atoms with van der Waals surface area (Å²) in [5, 5.41) is 14.1. The van der Waals surface area contributed by atoms with Gasteiger partial charge in [-0.3, -0.25) is 15.0 Å². The van der Waals surface area contributed by atoms with E-state index in [4.69, 9.17) is 39.1 Å². The number of ether oxygens (including phenoxy) is 1. The van der Waals surface area contributed by atoms with Gasteiger partial charge in [0.25, 0.3) is 0 Å². The second kappa shape index (κ2) is 13.2. The Kier molecular flexibility index (Phi) is 9.44. The maximum atomic E-state index is 12.9. The van der Waals surface area contributed by atoms with Gasteiger partial charge in [-0.25, -0.2) is 4.98 Å². The molecule has 0 atom stereocenters. The molecular formula is C30H28Cl2N6O3. The van der Waals surface area contributed by atoms with Crippen molar-refractivity contribution in [2.45, 2.75) is 13.5 Å². The minimum Gasteiger partial charge on any atom is -0.487 e. The Balaban J connectivity index is 1.38. The molecule has 0 bridgehead atoms. The number of aromatic nitrogens is 1. The van der Waals surface area contributed by atoms with E-state index >= 15 is 0 Å². The van der Waals surface area contributed by atoms with Gasteiger partial charge in [-0.1, -0.05) is 53.5 Å². The van der Waals surface area contributed by atoms with Crippen LogP contribution >= 0.6 is 23.2 Å². The summed E-state index contributed by atoms with van der Waals surface area (Å²) in [4.78, 5) is 31.1. The molecule has 0 saturated heterocycles. The Morgan fingerprint density at radius 1 is 1.07 bits per heavy atom. The normalized spacial score (nSPS) is 10.9. The molecular weight excluding hydrogens is 563 g/mol. The average molecular weight is 591 g/mol. The van der Waals surface area contributed by atoms with Crippen molar-refractivity contribution < 1.29 is 14.3 Å². The third-order valence-corrected chi connectivity index (χ3v) is 6.90. The Morgan fingerprint density at radius 3 is 2.56 bits per heavy atom. The highest BCUT2D eigenvalue weighted by atomic mass is 35.5. The fraction of sp³-hybridized carbons (Fsp3) is 0.133. The zero-order valence-electron chi connectivity index (χ0n) is 22.4. The molecule has 9 nitrogen and oxygen atoms in total. The molecule has 210 valence electrons. The molecule has 11 heteroatoms. The number of benzene rings is 3. The summed E-state index contributed by atoms with van der Waals surface area (Å²) in [6, 6.07) is 19.8. The number of nitrogens with two attached hydrogens (primary N) is 1. The molecule has 0 unspecified atom stereocenters. The van der Waals surface area contributed by atoms with Gasteiger partial charge in [-0.15, -0.1) is 0 Å². The number of hydrogen-bond acceptors (Lipinski definition) is 5. The van der Waals surface area contributed by atoms with Crippen LogP contribution in [0, 0.1) is 12.3 Å². The van der Waals surface area contributed by atoms with Gasteiger partial charge < -0.3 is 26.0 Å². The van der Waals surface area contributed by atoms with Gasteiger partial charge in [0.2, 0.25) is 11.8 Å². The number of carbonyl (C=O) groups excluding carboxylic acids is 2. The maximum absolute atomic E-state index is 12.9. The van der Waals surface area contributed by atoms with Crippen LogP contribution in [0.3, 0.4) is 0 Å². The van der Waals surface area contributed by atoms with E-state index in [0.717, 1.165) is 22.2 Å². The predicted octanol–water partition coefficient (Wildman–Crippen LogP) is 5.53. The van der Waals surface area contributed by atoms with Crippen molar-refractivity contribution in [3.63, 3.8) is 0 Å². The van der Waals surface area contributed by atoms with Gasteiger partial charge in [-0.05, 0) is 55.0 Å². The summed E-state index contributed by atoms with van der Waals surface area (Å²) in [5.41, 5.74) is 9.27. The number of hydrogen-bond donors (Lipinski definition) is 4. The minimum atomic E-state index is -0.437. The molecule has 4 rings (SSSR count). The minimum absolute atomic E-state index is 0.0651. The number of pyridine rings is 1. The predicted molar refractivity (Wildman–Crippen MR) is 165 cm³/mol. The number of halogens is 2. The van der Waals surface area contributed by atoms with Crippen LogP contribution in [0.25, 0.3) is 17.0 Å². The fourth-order valence-electron chi connectivity index (χ4n) is 3.94. The summed E-state index contributed by atoms with van der Waals surface area (Å²) in [6.45, 7) is 1.73. The monoisotopic (exact) mass is 590 g/mol. The number of amides is 2. The van der Waals surface area contributed by atoms with E-state index in [1.807, 2.05) is 37.3 Å². The van der Waals surface area contributed by atoms with Gasteiger partial charge in [0.15, 0.2) is 5.96 Å². The molecule has 41 heavy (non-hydrogen) atoms. The van der Waals surface area contributed by atoms with Crippen molar-refractivity contribution >= 4 is 69.3 Å². The van der Waals surface area contributed by atoms with E-state index < -0.39 is 5.91 Å². The third kappa shape index (κ3) is 7.53. The quantitative estimate of drug-likeness (QED) is 0.115. The first kappa shape index (κ1) is 29.4. The average Bonchev–Trinajstić information content (AvgIpc) is 2.95. The largest absolute Gasteiger partial charge is 0.487 e. The fourth-order valence-corrected chi connectivity index (χ4v) is 4.55. The molecule has 0 aliphatic rings. The van der Waals surface area contributed by atoms with Crippen LogP contribution in [-0.4, -0.2) is 36.4 Å². The number of rotatable bonds is 9. The lowest BCUT2D eigenvalue weighted by Gasteiger charge is -2.21. The molecule has 0 saturated carbocycles. The van der Waals surface area contributed by atoms with Crippen LogP contribution in [0.15, 0.2) is 72.8 Å². The summed E-state index contributed by atoms with van der Waals surface area (Å²) in [7, 11) is 1.57. The first-order chi connectivity index (χ1) is 19.6. The smallest absolute Gasteiger partial charge is 0.246 e. The van der Waals surface area contributed by atoms with E-state index in [2.05, 4.69) is 15.6 Å².